The van der Waals surface area contributed by atoms with Crippen LogP contribution in [-0.4, -0.2) is 52.4 Å². The van der Waals surface area contributed by atoms with Crippen LogP contribution in [-0.2, 0) is 11.2 Å². The standard InChI is InChI=1S/C24H26F2N2O4/c25-18-3-1-2-4-21(18)32-17-9-16-11-28(13-24(16,31)10-17)12-20(29)15-7-14-5-6-22(30)27-23(14)19(26)8-15/h1-4,7-8,16-17,20,29,31H,5-6,9-13H2,(H,27,30)/t16-,17+,20+,24-/m1/s1. The zero-order chi connectivity index (χ0) is 22.5. The maximum atomic E-state index is 14.5. The van der Waals surface area contributed by atoms with E-state index in [1.165, 1.54) is 12.1 Å². The van der Waals surface area contributed by atoms with Crippen molar-refractivity contribution in [3.63, 3.8) is 0 Å². The summed E-state index contributed by atoms with van der Waals surface area (Å²) in [7, 11) is 0. The summed E-state index contributed by atoms with van der Waals surface area (Å²) < 4.78 is 34.1. The van der Waals surface area contributed by atoms with Crippen molar-refractivity contribution in [3.8, 4) is 5.75 Å². The van der Waals surface area contributed by atoms with E-state index < -0.39 is 23.3 Å². The zero-order valence-electron chi connectivity index (χ0n) is 17.6. The Labute approximate surface area is 184 Å². The van der Waals surface area contributed by atoms with E-state index in [9.17, 15) is 23.8 Å². The number of nitrogens with one attached hydrogen (secondary N) is 1. The van der Waals surface area contributed by atoms with Crippen molar-refractivity contribution in [2.75, 3.05) is 25.0 Å². The predicted molar refractivity (Wildman–Crippen MR) is 113 cm³/mol. The number of fused-ring (bicyclic) bond motifs is 2. The number of aliphatic hydroxyl groups is 2. The molecule has 170 valence electrons. The molecule has 0 spiro atoms. The number of likely N-dealkylation sites (tertiary alicyclic amines) is 1. The molecule has 1 saturated heterocycles. The number of carbonyl (C=O) groups is 1. The maximum Gasteiger partial charge on any atom is 0.224 e. The second-order valence-corrected chi connectivity index (χ2v) is 9.21. The van der Waals surface area contributed by atoms with E-state index in [0.717, 1.165) is 0 Å². The summed E-state index contributed by atoms with van der Waals surface area (Å²) in [4.78, 5) is 13.5. The third kappa shape index (κ3) is 3.98. The van der Waals surface area contributed by atoms with Crippen molar-refractivity contribution in [1.82, 2.24) is 4.90 Å². The van der Waals surface area contributed by atoms with Crippen molar-refractivity contribution >= 4 is 11.6 Å². The normalized spacial score (nSPS) is 28.2. The molecule has 1 saturated carbocycles. The van der Waals surface area contributed by atoms with Gasteiger partial charge < -0.3 is 20.3 Å². The van der Waals surface area contributed by atoms with Gasteiger partial charge in [0.2, 0.25) is 5.91 Å². The van der Waals surface area contributed by atoms with Gasteiger partial charge >= 0.3 is 0 Å². The fraction of sp³-hybridized carbons (Fsp3) is 0.458. The lowest BCUT2D eigenvalue weighted by Gasteiger charge is -2.26. The minimum absolute atomic E-state index is 0.0399. The van der Waals surface area contributed by atoms with Crippen molar-refractivity contribution in [2.45, 2.75) is 43.5 Å². The number of aryl methyl sites for hydroxylation is 1. The summed E-state index contributed by atoms with van der Waals surface area (Å²) >= 11 is 0. The summed E-state index contributed by atoms with van der Waals surface area (Å²) in [6.45, 7) is 1.21. The van der Waals surface area contributed by atoms with Crippen molar-refractivity contribution < 1.29 is 28.5 Å². The molecule has 3 N–H and O–H groups in total. The first-order chi connectivity index (χ1) is 15.3. The predicted octanol–water partition coefficient (Wildman–Crippen LogP) is 2.79. The molecule has 1 amide bonds. The van der Waals surface area contributed by atoms with Crippen LogP contribution < -0.4 is 10.1 Å². The third-order valence-corrected chi connectivity index (χ3v) is 6.89. The number of hydrogen-bond acceptors (Lipinski definition) is 5. The monoisotopic (exact) mass is 444 g/mol. The lowest BCUT2D eigenvalue weighted by molar-refractivity contribution is -0.116. The van der Waals surface area contributed by atoms with Gasteiger partial charge in [0.15, 0.2) is 11.6 Å². The number of benzene rings is 2. The van der Waals surface area contributed by atoms with Crippen molar-refractivity contribution in [2.24, 2.45) is 5.92 Å². The molecule has 32 heavy (non-hydrogen) atoms. The second kappa shape index (κ2) is 8.10. The number of anilines is 1. The molecule has 0 radical (unpaired) electrons. The fourth-order valence-corrected chi connectivity index (χ4v) is 5.35. The average molecular weight is 444 g/mol. The van der Waals surface area contributed by atoms with Gasteiger partial charge in [-0.05, 0) is 42.2 Å². The number of amides is 1. The molecule has 1 aliphatic carbocycles. The van der Waals surface area contributed by atoms with Crippen LogP contribution in [0.15, 0.2) is 36.4 Å². The first kappa shape index (κ1) is 21.3. The van der Waals surface area contributed by atoms with Crippen LogP contribution in [0.1, 0.15) is 36.5 Å². The molecule has 0 aromatic heterocycles. The molecule has 0 bridgehead atoms. The lowest BCUT2D eigenvalue weighted by atomic mass is 9.95. The number of nitrogens with zero attached hydrogens (tertiary/aromatic N) is 1. The second-order valence-electron chi connectivity index (χ2n) is 9.21. The Hall–Kier alpha value is -2.55. The topological polar surface area (TPSA) is 82.0 Å². The van der Waals surface area contributed by atoms with E-state index in [-0.39, 0.29) is 35.9 Å². The number of rotatable bonds is 5. The van der Waals surface area contributed by atoms with Crippen LogP contribution in [0, 0.1) is 17.6 Å². The quantitative estimate of drug-likeness (QED) is 0.661. The van der Waals surface area contributed by atoms with Crippen LogP contribution in [0.3, 0.4) is 0 Å². The smallest absolute Gasteiger partial charge is 0.224 e. The minimum atomic E-state index is -0.957. The highest BCUT2D eigenvalue weighted by Gasteiger charge is 2.53. The van der Waals surface area contributed by atoms with Gasteiger partial charge in [0.1, 0.15) is 11.9 Å². The molecule has 0 unspecified atom stereocenters. The Morgan fingerprint density at radius 3 is 2.81 bits per heavy atom. The number of β-amino-alcohol motifs (C(OH)–C–C–N with tert-alkyl or cyclic N) is 2. The molecule has 6 nitrogen and oxygen atoms in total. The van der Waals surface area contributed by atoms with Gasteiger partial charge in [0, 0.05) is 38.4 Å². The van der Waals surface area contributed by atoms with Gasteiger partial charge in [-0.15, -0.1) is 0 Å². The molecule has 2 heterocycles. The highest BCUT2D eigenvalue weighted by molar-refractivity contribution is 5.94. The average Bonchev–Trinajstić information content (AvgIpc) is 3.20. The van der Waals surface area contributed by atoms with Gasteiger partial charge in [-0.2, -0.15) is 0 Å². The largest absolute Gasteiger partial charge is 0.487 e. The van der Waals surface area contributed by atoms with Gasteiger partial charge in [0.05, 0.1) is 17.4 Å². The van der Waals surface area contributed by atoms with Gasteiger partial charge in [-0.1, -0.05) is 18.2 Å². The number of halogens is 2. The van der Waals surface area contributed by atoms with Crippen LogP contribution >= 0.6 is 0 Å². The Balaban J connectivity index is 1.21. The minimum Gasteiger partial charge on any atom is -0.487 e. The molecule has 4 atom stereocenters. The van der Waals surface area contributed by atoms with Gasteiger partial charge in [0.25, 0.3) is 0 Å². The van der Waals surface area contributed by atoms with E-state index in [1.807, 2.05) is 4.90 Å². The van der Waals surface area contributed by atoms with Crippen LogP contribution in [0.4, 0.5) is 14.5 Å². The number of hydrogen-bond donors (Lipinski definition) is 3. The molecule has 2 fully saturated rings. The highest BCUT2D eigenvalue weighted by atomic mass is 19.1. The molecule has 5 rings (SSSR count). The molecule has 3 aliphatic rings. The first-order valence-electron chi connectivity index (χ1n) is 11.0. The molecule has 8 heteroatoms. The Morgan fingerprint density at radius 1 is 1.22 bits per heavy atom. The zero-order valence-corrected chi connectivity index (χ0v) is 17.6. The Bertz CT molecular complexity index is 1050. The summed E-state index contributed by atoms with van der Waals surface area (Å²) in [5.74, 6) is -1.02. The van der Waals surface area contributed by atoms with Crippen molar-refractivity contribution in [1.29, 1.82) is 0 Å². The van der Waals surface area contributed by atoms with Crippen LogP contribution in [0.5, 0.6) is 5.75 Å². The van der Waals surface area contributed by atoms with E-state index in [2.05, 4.69) is 5.32 Å². The molecular weight excluding hydrogens is 418 g/mol. The van der Waals surface area contributed by atoms with E-state index in [4.69, 9.17) is 4.74 Å². The molecule has 2 aromatic rings. The van der Waals surface area contributed by atoms with Gasteiger partial charge in [-0.25, -0.2) is 8.78 Å². The first-order valence-corrected chi connectivity index (χ1v) is 11.0. The summed E-state index contributed by atoms with van der Waals surface area (Å²) in [6, 6.07) is 9.25. The van der Waals surface area contributed by atoms with E-state index >= 15 is 0 Å². The SMILES string of the molecule is O=C1CCc2cc([C@@H](O)CN3C[C@H]4C[C@H](Oc5ccccc5F)C[C@@]4(O)C3)cc(F)c2N1. The number of carbonyl (C=O) groups excluding carboxylic acids is 1. The van der Waals surface area contributed by atoms with Crippen LogP contribution in [0.25, 0.3) is 0 Å². The molecule has 2 aliphatic heterocycles. The summed E-state index contributed by atoms with van der Waals surface area (Å²) in [6.07, 6.45) is 0.548. The summed E-state index contributed by atoms with van der Waals surface area (Å²) in [5, 5.41) is 24.4. The number of para-hydroxylation sites is 1. The van der Waals surface area contributed by atoms with Crippen molar-refractivity contribution in [3.05, 3.63) is 59.2 Å². The van der Waals surface area contributed by atoms with Gasteiger partial charge in [-0.3, -0.25) is 9.69 Å². The number of aliphatic hydroxyl groups excluding tert-OH is 1. The molecular formula is C24H26F2N2O4. The summed E-state index contributed by atoms with van der Waals surface area (Å²) in [5.41, 5.74) is 0.384. The van der Waals surface area contributed by atoms with E-state index in [1.54, 1.807) is 24.3 Å². The van der Waals surface area contributed by atoms with E-state index in [0.29, 0.717) is 49.9 Å². The Kier molecular flexibility index (Phi) is 5.39. The molecule has 2 aromatic carbocycles. The highest BCUT2D eigenvalue weighted by Crippen LogP contribution is 2.43. The number of ether oxygens (including phenoxy) is 1. The Morgan fingerprint density at radius 2 is 2.03 bits per heavy atom. The third-order valence-electron chi connectivity index (χ3n) is 6.89. The maximum absolute atomic E-state index is 14.5. The fourth-order valence-electron chi connectivity index (χ4n) is 5.35. The lowest BCUT2D eigenvalue weighted by Crippen LogP contribution is -2.36. The van der Waals surface area contributed by atoms with Crippen LogP contribution in [0.2, 0.25) is 0 Å².